The van der Waals surface area contributed by atoms with Crippen molar-refractivity contribution in [1.29, 1.82) is 0 Å². The zero-order valence-corrected chi connectivity index (χ0v) is 14.0. The molecule has 0 aliphatic rings. The van der Waals surface area contributed by atoms with Crippen LogP contribution in [0.25, 0.3) is 0 Å². The molecule has 0 amide bonds. The van der Waals surface area contributed by atoms with Gasteiger partial charge in [0, 0.05) is 42.1 Å². The Kier molecular flexibility index (Phi) is 8.34. The van der Waals surface area contributed by atoms with Crippen LogP contribution in [-0.2, 0) is 15.5 Å². The summed E-state index contributed by atoms with van der Waals surface area (Å²) in [5.74, 6) is 2.59. The third-order valence-electron chi connectivity index (χ3n) is 3.23. The summed E-state index contributed by atoms with van der Waals surface area (Å²) in [5, 5.41) is 3.21. The molecule has 2 unspecified atom stereocenters. The van der Waals surface area contributed by atoms with E-state index < -0.39 is 10.8 Å². The van der Waals surface area contributed by atoms with E-state index in [1.165, 1.54) is 0 Å². The first-order chi connectivity index (χ1) is 10.2. The molecule has 0 heterocycles. The molecule has 0 aromatic heterocycles. The van der Waals surface area contributed by atoms with Crippen molar-refractivity contribution in [3.05, 3.63) is 23.8 Å². The average Bonchev–Trinajstić information content (AvgIpc) is 2.52. The number of ether oxygens (including phenoxy) is 3. The smallest absolute Gasteiger partial charge is 0.161 e. The Morgan fingerprint density at radius 2 is 1.90 bits per heavy atom. The Hall–Kier alpha value is -1.11. The fourth-order valence-corrected chi connectivity index (χ4v) is 3.39. The monoisotopic (exact) mass is 315 g/mol. The SMILES string of the molecule is CNC(CS(=O)CCCOC)c1ccc(OC)c(OC)c1. The summed E-state index contributed by atoms with van der Waals surface area (Å²) in [4.78, 5) is 0. The van der Waals surface area contributed by atoms with Gasteiger partial charge in [-0.05, 0) is 31.2 Å². The van der Waals surface area contributed by atoms with Crippen LogP contribution in [0.1, 0.15) is 18.0 Å². The van der Waals surface area contributed by atoms with E-state index in [4.69, 9.17) is 14.2 Å². The van der Waals surface area contributed by atoms with Crippen LogP contribution >= 0.6 is 0 Å². The fraction of sp³-hybridized carbons (Fsp3) is 0.600. The molecule has 0 aliphatic heterocycles. The molecule has 0 saturated heterocycles. The lowest BCUT2D eigenvalue weighted by Gasteiger charge is -2.18. The second kappa shape index (κ2) is 9.76. The standard InChI is InChI=1S/C15H25NO4S/c1-16-13(11-21(17)9-5-8-18-2)12-6-7-14(19-3)15(10-12)20-4/h6-7,10,13,16H,5,8-9,11H2,1-4H3. The lowest BCUT2D eigenvalue weighted by Crippen LogP contribution is -2.24. The third kappa shape index (κ3) is 5.65. The highest BCUT2D eigenvalue weighted by atomic mass is 32.2. The van der Waals surface area contributed by atoms with Crippen molar-refractivity contribution in [1.82, 2.24) is 5.32 Å². The van der Waals surface area contributed by atoms with Crippen LogP contribution in [0, 0.1) is 0 Å². The molecule has 0 fully saturated rings. The molecule has 0 radical (unpaired) electrons. The second-order valence-electron chi connectivity index (χ2n) is 4.61. The number of rotatable bonds is 10. The molecular weight excluding hydrogens is 290 g/mol. The van der Waals surface area contributed by atoms with Gasteiger partial charge in [0.05, 0.1) is 14.2 Å². The first kappa shape index (κ1) is 17.9. The van der Waals surface area contributed by atoms with Gasteiger partial charge in [0.25, 0.3) is 0 Å². The van der Waals surface area contributed by atoms with Crippen molar-refractivity contribution in [2.75, 3.05) is 46.5 Å². The highest BCUT2D eigenvalue weighted by Crippen LogP contribution is 2.30. The summed E-state index contributed by atoms with van der Waals surface area (Å²) in [6, 6.07) is 5.78. The maximum atomic E-state index is 12.1. The van der Waals surface area contributed by atoms with E-state index in [2.05, 4.69) is 5.32 Å². The topological polar surface area (TPSA) is 56.8 Å². The molecule has 1 aromatic carbocycles. The first-order valence-electron chi connectivity index (χ1n) is 6.89. The molecule has 1 aromatic rings. The molecule has 21 heavy (non-hydrogen) atoms. The summed E-state index contributed by atoms with van der Waals surface area (Å²) in [7, 11) is 5.86. The maximum absolute atomic E-state index is 12.1. The summed E-state index contributed by atoms with van der Waals surface area (Å²) in [6.45, 7) is 0.645. The minimum atomic E-state index is -0.882. The van der Waals surface area contributed by atoms with Crippen LogP contribution < -0.4 is 14.8 Å². The number of benzene rings is 1. The van der Waals surface area contributed by atoms with Gasteiger partial charge in [-0.25, -0.2) is 0 Å². The van der Waals surface area contributed by atoms with Gasteiger partial charge in [0.2, 0.25) is 0 Å². The number of nitrogens with one attached hydrogen (secondary N) is 1. The normalized spacial score (nSPS) is 13.7. The van der Waals surface area contributed by atoms with E-state index in [1.807, 2.05) is 25.2 Å². The van der Waals surface area contributed by atoms with E-state index in [9.17, 15) is 4.21 Å². The molecule has 5 nitrogen and oxygen atoms in total. The summed E-state index contributed by atoms with van der Waals surface area (Å²) in [5.41, 5.74) is 1.04. The quantitative estimate of drug-likeness (QED) is 0.667. The van der Waals surface area contributed by atoms with Crippen LogP contribution in [-0.4, -0.2) is 50.7 Å². The number of hydrogen-bond acceptors (Lipinski definition) is 5. The van der Waals surface area contributed by atoms with Crippen LogP contribution in [0.15, 0.2) is 18.2 Å². The average molecular weight is 315 g/mol. The Labute approximate surface area is 129 Å². The molecule has 0 saturated carbocycles. The van der Waals surface area contributed by atoms with Crippen molar-refractivity contribution >= 4 is 10.8 Å². The molecule has 0 aliphatic carbocycles. The van der Waals surface area contributed by atoms with Gasteiger partial charge in [-0.2, -0.15) is 0 Å². The lowest BCUT2D eigenvalue weighted by atomic mass is 10.1. The minimum Gasteiger partial charge on any atom is -0.493 e. The van der Waals surface area contributed by atoms with Crippen LogP contribution in [0.5, 0.6) is 11.5 Å². The predicted molar refractivity (Wildman–Crippen MR) is 85.7 cm³/mol. The van der Waals surface area contributed by atoms with Crippen molar-refractivity contribution in [2.24, 2.45) is 0 Å². The van der Waals surface area contributed by atoms with E-state index in [-0.39, 0.29) is 6.04 Å². The Bertz CT molecular complexity index is 453. The van der Waals surface area contributed by atoms with Crippen LogP contribution in [0.2, 0.25) is 0 Å². The fourth-order valence-electron chi connectivity index (χ4n) is 2.05. The lowest BCUT2D eigenvalue weighted by molar-refractivity contribution is 0.200. The van der Waals surface area contributed by atoms with Gasteiger partial charge < -0.3 is 19.5 Å². The van der Waals surface area contributed by atoms with E-state index in [0.717, 1.165) is 12.0 Å². The molecule has 0 bridgehead atoms. The molecule has 1 rings (SSSR count). The molecule has 0 spiro atoms. The predicted octanol–water partition coefficient (Wildman–Crippen LogP) is 1.75. The zero-order chi connectivity index (χ0) is 15.7. The Morgan fingerprint density at radius 3 is 2.48 bits per heavy atom. The zero-order valence-electron chi connectivity index (χ0n) is 13.2. The Morgan fingerprint density at radius 1 is 1.19 bits per heavy atom. The van der Waals surface area contributed by atoms with E-state index in [1.54, 1.807) is 21.3 Å². The molecule has 1 N–H and O–H groups in total. The van der Waals surface area contributed by atoms with E-state index in [0.29, 0.717) is 29.6 Å². The van der Waals surface area contributed by atoms with Crippen LogP contribution in [0.4, 0.5) is 0 Å². The summed E-state index contributed by atoms with van der Waals surface area (Å²) in [6.07, 6.45) is 0.811. The van der Waals surface area contributed by atoms with Gasteiger partial charge in [-0.1, -0.05) is 6.07 Å². The second-order valence-corrected chi connectivity index (χ2v) is 6.23. The maximum Gasteiger partial charge on any atom is 0.161 e. The van der Waals surface area contributed by atoms with Crippen molar-refractivity contribution in [3.63, 3.8) is 0 Å². The molecule has 2 atom stereocenters. The summed E-state index contributed by atoms with van der Waals surface area (Å²) >= 11 is 0. The number of hydrogen-bond donors (Lipinski definition) is 1. The minimum absolute atomic E-state index is 0.0215. The summed E-state index contributed by atoms with van der Waals surface area (Å²) < 4.78 is 27.6. The molecule has 120 valence electrons. The molecule has 6 heteroatoms. The first-order valence-corrected chi connectivity index (χ1v) is 8.38. The highest BCUT2D eigenvalue weighted by Gasteiger charge is 2.15. The largest absolute Gasteiger partial charge is 0.493 e. The van der Waals surface area contributed by atoms with Gasteiger partial charge in [0.15, 0.2) is 11.5 Å². The number of methoxy groups -OCH3 is 3. The van der Waals surface area contributed by atoms with Crippen molar-refractivity contribution in [2.45, 2.75) is 12.5 Å². The van der Waals surface area contributed by atoms with Gasteiger partial charge in [-0.15, -0.1) is 0 Å². The third-order valence-corrected chi connectivity index (χ3v) is 4.68. The highest BCUT2D eigenvalue weighted by molar-refractivity contribution is 7.85. The Balaban J connectivity index is 2.73. The van der Waals surface area contributed by atoms with E-state index >= 15 is 0 Å². The van der Waals surface area contributed by atoms with Crippen molar-refractivity contribution in [3.8, 4) is 11.5 Å². The van der Waals surface area contributed by atoms with Gasteiger partial charge >= 0.3 is 0 Å². The molecular formula is C15H25NO4S. The van der Waals surface area contributed by atoms with Gasteiger partial charge in [-0.3, -0.25) is 4.21 Å². The van der Waals surface area contributed by atoms with Crippen molar-refractivity contribution < 1.29 is 18.4 Å². The van der Waals surface area contributed by atoms with Gasteiger partial charge in [0.1, 0.15) is 0 Å². The van der Waals surface area contributed by atoms with Crippen LogP contribution in [0.3, 0.4) is 0 Å².